The highest BCUT2D eigenvalue weighted by molar-refractivity contribution is 8.13. The highest BCUT2D eigenvalue weighted by atomic mass is 32.2. The van der Waals surface area contributed by atoms with Crippen molar-refractivity contribution in [3.8, 4) is 0 Å². The quantitative estimate of drug-likeness (QED) is 0.894. The average molecular weight is 321 g/mol. The van der Waals surface area contributed by atoms with E-state index in [1.807, 2.05) is 30.3 Å². The van der Waals surface area contributed by atoms with Crippen molar-refractivity contribution in [2.75, 3.05) is 5.75 Å². The Morgan fingerprint density at radius 2 is 1.86 bits per heavy atom. The van der Waals surface area contributed by atoms with E-state index in [4.69, 9.17) is 4.74 Å². The molecule has 0 bridgehead atoms. The van der Waals surface area contributed by atoms with Crippen molar-refractivity contribution in [2.24, 2.45) is 0 Å². The van der Waals surface area contributed by atoms with E-state index in [9.17, 15) is 9.59 Å². The summed E-state index contributed by atoms with van der Waals surface area (Å²) in [6.07, 6.45) is 4.78. The fourth-order valence-corrected chi connectivity index (χ4v) is 3.59. The number of hydrogen-bond acceptors (Lipinski definition) is 4. The van der Waals surface area contributed by atoms with Crippen LogP contribution in [0.1, 0.15) is 44.6 Å². The van der Waals surface area contributed by atoms with Gasteiger partial charge in [0.1, 0.15) is 6.61 Å². The minimum atomic E-state index is -0.394. The molecule has 0 aromatic heterocycles. The number of carbonyl (C=O) groups is 2. The van der Waals surface area contributed by atoms with Crippen molar-refractivity contribution in [2.45, 2.75) is 51.2 Å². The number of hydrogen-bond donors (Lipinski definition) is 1. The minimum absolute atomic E-state index is 0.0874. The molecule has 1 aliphatic rings. The van der Waals surface area contributed by atoms with Crippen LogP contribution in [0.25, 0.3) is 0 Å². The summed E-state index contributed by atoms with van der Waals surface area (Å²) in [5, 5.41) is 3.11. The Morgan fingerprint density at radius 3 is 2.50 bits per heavy atom. The summed E-state index contributed by atoms with van der Waals surface area (Å²) in [6.45, 7) is 1.83. The summed E-state index contributed by atoms with van der Waals surface area (Å²) >= 11 is 1.28. The molecule has 120 valence electrons. The predicted octanol–water partition coefficient (Wildman–Crippen LogP) is 3.90. The van der Waals surface area contributed by atoms with E-state index in [1.165, 1.54) is 18.2 Å². The lowest BCUT2D eigenvalue weighted by Gasteiger charge is -2.37. The Kier molecular flexibility index (Phi) is 6.31. The van der Waals surface area contributed by atoms with Gasteiger partial charge in [0.15, 0.2) is 5.12 Å². The number of thioether (sulfide) groups is 1. The Hall–Kier alpha value is -1.49. The van der Waals surface area contributed by atoms with Crippen molar-refractivity contribution in [1.82, 2.24) is 5.32 Å². The van der Waals surface area contributed by atoms with Crippen molar-refractivity contribution < 1.29 is 14.3 Å². The highest BCUT2D eigenvalue weighted by Gasteiger charge is 2.34. The highest BCUT2D eigenvalue weighted by Crippen LogP contribution is 2.31. The maximum atomic E-state index is 12.1. The SMILES string of the molecule is CC(=O)SCC1(NC(=O)OCc2ccccc2)CCCCC1. The van der Waals surface area contributed by atoms with Crippen molar-refractivity contribution in [3.05, 3.63) is 35.9 Å². The third-order valence-electron chi connectivity index (χ3n) is 3.94. The third-order valence-corrected chi connectivity index (χ3v) is 5.05. The monoisotopic (exact) mass is 321 g/mol. The lowest BCUT2D eigenvalue weighted by atomic mass is 9.83. The number of ether oxygens (including phenoxy) is 1. The molecule has 4 nitrogen and oxygen atoms in total. The summed E-state index contributed by atoms with van der Waals surface area (Å²) in [5.41, 5.74) is 0.663. The molecule has 22 heavy (non-hydrogen) atoms. The zero-order valence-corrected chi connectivity index (χ0v) is 13.8. The second-order valence-electron chi connectivity index (χ2n) is 5.81. The Balaban J connectivity index is 1.88. The molecular weight excluding hydrogens is 298 g/mol. The first-order valence-corrected chi connectivity index (χ1v) is 8.70. The summed E-state index contributed by atoms with van der Waals surface area (Å²) in [4.78, 5) is 23.4. The van der Waals surface area contributed by atoms with Gasteiger partial charge >= 0.3 is 6.09 Å². The van der Waals surface area contributed by atoms with E-state index in [-0.39, 0.29) is 17.3 Å². The van der Waals surface area contributed by atoms with Gasteiger partial charge in [-0.1, -0.05) is 61.4 Å². The fourth-order valence-electron chi connectivity index (χ4n) is 2.75. The summed E-state index contributed by atoms with van der Waals surface area (Å²) < 4.78 is 5.32. The standard InChI is InChI=1S/C17H23NO3S/c1-14(19)22-13-17(10-6-3-7-11-17)18-16(20)21-12-15-8-4-2-5-9-15/h2,4-5,8-9H,3,6-7,10-13H2,1H3,(H,18,20). The Labute approximate surface area is 136 Å². The number of alkyl carbamates (subject to hydrolysis) is 1. The van der Waals surface area contributed by atoms with Crippen LogP contribution in [0.2, 0.25) is 0 Å². The van der Waals surface area contributed by atoms with Crippen LogP contribution in [0.5, 0.6) is 0 Å². The van der Waals surface area contributed by atoms with Crippen LogP contribution >= 0.6 is 11.8 Å². The number of benzene rings is 1. The normalized spacial score (nSPS) is 16.8. The topological polar surface area (TPSA) is 55.4 Å². The molecule has 0 heterocycles. The molecule has 1 N–H and O–H groups in total. The second-order valence-corrected chi connectivity index (χ2v) is 6.96. The molecule has 0 unspecified atom stereocenters. The van der Waals surface area contributed by atoms with E-state index in [1.54, 1.807) is 6.92 Å². The largest absolute Gasteiger partial charge is 0.445 e. The van der Waals surface area contributed by atoms with Crippen molar-refractivity contribution >= 4 is 23.0 Å². The van der Waals surface area contributed by atoms with Gasteiger partial charge in [0.25, 0.3) is 0 Å². The molecule has 0 spiro atoms. The lowest BCUT2D eigenvalue weighted by Crippen LogP contribution is -2.52. The van der Waals surface area contributed by atoms with Crippen LogP contribution in [0.4, 0.5) is 4.79 Å². The van der Waals surface area contributed by atoms with E-state index >= 15 is 0 Å². The van der Waals surface area contributed by atoms with Gasteiger partial charge in [-0.05, 0) is 18.4 Å². The van der Waals surface area contributed by atoms with Gasteiger partial charge in [-0.25, -0.2) is 4.79 Å². The van der Waals surface area contributed by atoms with E-state index in [0.717, 1.165) is 31.2 Å². The molecule has 1 aromatic carbocycles. The fraction of sp³-hybridized carbons (Fsp3) is 0.529. The minimum Gasteiger partial charge on any atom is -0.445 e. The number of nitrogens with one attached hydrogen (secondary N) is 1. The molecule has 0 radical (unpaired) electrons. The van der Waals surface area contributed by atoms with Crippen LogP contribution in [-0.2, 0) is 16.1 Å². The molecule has 1 aromatic rings. The molecule has 1 aliphatic carbocycles. The van der Waals surface area contributed by atoms with Gasteiger partial charge in [0, 0.05) is 12.7 Å². The first kappa shape index (κ1) is 16.9. The van der Waals surface area contributed by atoms with Crippen LogP contribution in [0, 0.1) is 0 Å². The molecule has 1 saturated carbocycles. The Morgan fingerprint density at radius 1 is 1.18 bits per heavy atom. The van der Waals surface area contributed by atoms with E-state index in [2.05, 4.69) is 5.32 Å². The van der Waals surface area contributed by atoms with Crippen LogP contribution in [0.3, 0.4) is 0 Å². The van der Waals surface area contributed by atoms with Gasteiger partial charge in [-0.2, -0.15) is 0 Å². The number of rotatable bonds is 5. The number of carbonyl (C=O) groups excluding carboxylic acids is 2. The molecule has 1 amide bonds. The van der Waals surface area contributed by atoms with Crippen LogP contribution < -0.4 is 5.32 Å². The van der Waals surface area contributed by atoms with E-state index in [0.29, 0.717) is 5.75 Å². The summed E-state index contributed by atoms with van der Waals surface area (Å²) in [5.74, 6) is 0.628. The van der Waals surface area contributed by atoms with Crippen molar-refractivity contribution in [1.29, 1.82) is 0 Å². The number of amides is 1. The molecule has 0 atom stereocenters. The van der Waals surface area contributed by atoms with Crippen molar-refractivity contribution in [3.63, 3.8) is 0 Å². The van der Waals surface area contributed by atoms with E-state index < -0.39 is 6.09 Å². The molecule has 1 fully saturated rings. The van der Waals surface area contributed by atoms with Crippen LogP contribution in [-0.4, -0.2) is 22.5 Å². The lowest BCUT2D eigenvalue weighted by molar-refractivity contribution is -0.109. The molecule has 2 rings (SSSR count). The van der Waals surface area contributed by atoms with Gasteiger partial charge in [-0.15, -0.1) is 0 Å². The maximum absolute atomic E-state index is 12.1. The maximum Gasteiger partial charge on any atom is 0.407 e. The zero-order valence-electron chi connectivity index (χ0n) is 13.0. The van der Waals surface area contributed by atoms with Gasteiger partial charge in [0.05, 0.1) is 5.54 Å². The smallest absolute Gasteiger partial charge is 0.407 e. The second kappa shape index (κ2) is 8.22. The van der Waals surface area contributed by atoms with Gasteiger partial charge in [0.2, 0.25) is 0 Å². The molecule has 0 saturated heterocycles. The molecule has 5 heteroatoms. The summed E-state index contributed by atoms with van der Waals surface area (Å²) in [7, 11) is 0. The molecular formula is C17H23NO3S. The van der Waals surface area contributed by atoms with Gasteiger partial charge in [-0.3, -0.25) is 4.79 Å². The first-order valence-electron chi connectivity index (χ1n) is 7.72. The summed E-state index contributed by atoms with van der Waals surface area (Å²) in [6, 6.07) is 9.62. The molecule has 0 aliphatic heterocycles. The third kappa shape index (κ3) is 5.37. The van der Waals surface area contributed by atoms with Crippen LogP contribution in [0.15, 0.2) is 30.3 Å². The predicted molar refractivity (Wildman–Crippen MR) is 88.7 cm³/mol. The zero-order chi connectivity index (χ0) is 15.8. The van der Waals surface area contributed by atoms with Gasteiger partial charge < -0.3 is 10.1 Å². The first-order chi connectivity index (χ1) is 10.6. The Bertz CT molecular complexity index is 498. The average Bonchev–Trinajstić information content (AvgIpc) is 2.53.